The number of ether oxygens (including phenoxy) is 1. The van der Waals surface area contributed by atoms with E-state index in [2.05, 4.69) is 27.5 Å². The number of nitrogens with zero attached hydrogens (tertiary/aromatic N) is 3. The van der Waals surface area contributed by atoms with Gasteiger partial charge in [-0.05, 0) is 37.3 Å². The first-order valence-electron chi connectivity index (χ1n) is 9.33. The molecule has 1 aliphatic carbocycles. The summed E-state index contributed by atoms with van der Waals surface area (Å²) in [6, 6.07) is 3.25. The molecule has 1 unspecified atom stereocenters. The first-order chi connectivity index (χ1) is 13.3. The number of carbonyl (C=O) groups excluding carboxylic acids is 1. The fourth-order valence-electron chi connectivity index (χ4n) is 5.10. The number of nitrogens with one attached hydrogen (secondary N) is 2. The van der Waals surface area contributed by atoms with Crippen molar-refractivity contribution in [2.24, 2.45) is 11.3 Å². The van der Waals surface area contributed by atoms with Gasteiger partial charge >= 0.3 is 0 Å². The number of fused-ring (bicyclic) bond motifs is 3. The van der Waals surface area contributed by atoms with Crippen LogP contribution in [-0.2, 0) is 10.4 Å². The molecule has 9 nitrogen and oxygen atoms in total. The molecule has 5 rings (SSSR count). The number of aromatic nitrogens is 3. The minimum Gasteiger partial charge on any atom is -0.384 e. The van der Waals surface area contributed by atoms with E-state index in [0.29, 0.717) is 55.0 Å². The van der Waals surface area contributed by atoms with Crippen LogP contribution in [0.3, 0.4) is 0 Å². The van der Waals surface area contributed by atoms with Crippen LogP contribution < -0.4 is 21.9 Å². The van der Waals surface area contributed by atoms with E-state index >= 15 is 0 Å². The van der Waals surface area contributed by atoms with Crippen molar-refractivity contribution < 1.29 is 9.53 Å². The number of nitrogens with two attached hydrogens (primary N) is 1. The molecule has 1 saturated heterocycles. The SMILES string of the molecule is Cc1cc(Nc2cc(N)ncn2)c(=O)n2c1C(=O)NC21C[C@@H]2COC[C@]2(C)C1. The molecular formula is C19H22N6O3. The van der Waals surface area contributed by atoms with Crippen LogP contribution >= 0.6 is 0 Å². The number of anilines is 3. The van der Waals surface area contributed by atoms with Crippen molar-refractivity contribution in [3.63, 3.8) is 0 Å². The Morgan fingerprint density at radius 1 is 1.36 bits per heavy atom. The monoisotopic (exact) mass is 382 g/mol. The zero-order valence-corrected chi connectivity index (χ0v) is 15.8. The zero-order chi connectivity index (χ0) is 19.7. The molecule has 2 aromatic heterocycles. The van der Waals surface area contributed by atoms with E-state index in [-0.39, 0.29) is 16.9 Å². The van der Waals surface area contributed by atoms with Crippen LogP contribution in [0.15, 0.2) is 23.3 Å². The van der Waals surface area contributed by atoms with E-state index in [9.17, 15) is 9.59 Å². The predicted molar refractivity (Wildman–Crippen MR) is 102 cm³/mol. The normalized spacial score (nSPS) is 30.4. The van der Waals surface area contributed by atoms with Crippen molar-refractivity contribution >= 4 is 23.2 Å². The van der Waals surface area contributed by atoms with Gasteiger partial charge in [0.05, 0.1) is 13.2 Å². The summed E-state index contributed by atoms with van der Waals surface area (Å²) < 4.78 is 7.32. The molecular weight excluding hydrogens is 360 g/mol. The van der Waals surface area contributed by atoms with Gasteiger partial charge in [-0.15, -0.1) is 0 Å². The fourth-order valence-corrected chi connectivity index (χ4v) is 5.10. The third kappa shape index (κ3) is 2.29. The molecule has 3 atom stereocenters. The molecule has 1 spiro atoms. The fraction of sp³-hybridized carbons (Fsp3) is 0.474. The number of nitrogen functional groups attached to an aromatic ring is 1. The van der Waals surface area contributed by atoms with E-state index in [1.807, 2.05) is 6.92 Å². The zero-order valence-electron chi connectivity index (χ0n) is 15.8. The minimum absolute atomic E-state index is 0.0488. The van der Waals surface area contributed by atoms with Crippen LogP contribution in [0.25, 0.3) is 0 Å². The summed E-state index contributed by atoms with van der Waals surface area (Å²) in [6.45, 7) is 5.32. The minimum atomic E-state index is -0.708. The van der Waals surface area contributed by atoms with Crippen LogP contribution in [-0.4, -0.2) is 33.7 Å². The molecule has 2 fully saturated rings. The largest absolute Gasteiger partial charge is 0.384 e. The molecule has 1 saturated carbocycles. The van der Waals surface area contributed by atoms with E-state index in [0.717, 1.165) is 5.56 Å². The van der Waals surface area contributed by atoms with Gasteiger partial charge in [0.25, 0.3) is 11.5 Å². The number of amides is 1. The number of pyridine rings is 1. The highest BCUT2D eigenvalue weighted by atomic mass is 16.5. The number of rotatable bonds is 2. The van der Waals surface area contributed by atoms with Crippen molar-refractivity contribution in [3.05, 3.63) is 40.1 Å². The summed E-state index contributed by atoms with van der Waals surface area (Å²) in [4.78, 5) is 34.2. The third-order valence-corrected chi connectivity index (χ3v) is 6.35. The van der Waals surface area contributed by atoms with E-state index in [1.54, 1.807) is 16.7 Å². The molecule has 4 heterocycles. The van der Waals surface area contributed by atoms with Crippen molar-refractivity contribution in [1.29, 1.82) is 0 Å². The Labute approximate surface area is 161 Å². The summed E-state index contributed by atoms with van der Waals surface area (Å²) in [5.41, 5.74) is 6.22. The van der Waals surface area contributed by atoms with Gasteiger partial charge in [0.2, 0.25) is 0 Å². The second-order valence-corrected chi connectivity index (χ2v) is 8.42. The van der Waals surface area contributed by atoms with Gasteiger partial charge in [0.1, 0.15) is 35.0 Å². The van der Waals surface area contributed by atoms with Crippen molar-refractivity contribution in [1.82, 2.24) is 19.9 Å². The number of hydrogen-bond acceptors (Lipinski definition) is 7. The Hall–Kier alpha value is -2.94. The molecule has 28 heavy (non-hydrogen) atoms. The first kappa shape index (κ1) is 17.2. The highest BCUT2D eigenvalue weighted by Crippen LogP contribution is 2.55. The highest BCUT2D eigenvalue weighted by molar-refractivity contribution is 5.97. The molecule has 0 bridgehead atoms. The van der Waals surface area contributed by atoms with Crippen molar-refractivity contribution in [2.45, 2.75) is 32.4 Å². The Bertz CT molecular complexity index is 1070. The van der Waals surface area contributed by atoms with Gasteiger partial charge < -0.3 is 21.1 Å². The standard InChI is InChI=1S/C19H22N6O3/c1-10-3-12(23-14-4-13(20)21-9-22-14)17(27)25-15(10)16(26)24-19(25)5-11-6-28-8-18(11,2)7-19/h3-4,9,11H,5-8H2,1-2H3,(H,24,26)(H3,20,21,22,23)/t11-,18+,19?/m1/s1. The number of carbonyl (C=O) groups is 1. The number of hydrogen-bond donors (Lipinski definition) is 3. The van der Waals surface area contributed by atoms with Crippen LogP contribution in [0, 0.1) is 18.3 Å². The summed E-state index contributed by atoms with van der Waals surface area (Å²) in [5.74, 6) is 0.848. The second-order valence-electron chi connectivity index (χ2n) is 8.42. The second kappa shape index (κ2) is 5.54. The Balaban J connectivity index is 1.63. The molecule has 4 N–H and O–H groups in total. The summed E-state index contributed by atoms with van der Waals surface area (Å²) >= 11 is 0. The maximum absolute atomic E-state index is 13.4. The van der Waals surface area contributed by atoms with Crippen LogP contribution in [0.2, 0.25) is 0 Å². The van der Waals surface area contributed by atoms with Crippen LogP contribution in [0.5, 0.6) is 0 Å². The quantitative estimate of drug-likeness (QED) is 0.711. The highest BCUT2D eigenvalue weighted by Gasteiger charge is 2.59. The average Bonchev–Trinajstić information content (AvgIpc) is 3.19. The van der Waals surface area contributed by atoms with Crippen molar-refractivity contribution in [3.8, 4) is 0 Å². The Morgan fingerprint density at radius 3 is 2.93 bits per heavy atom. The first-order valence-corrected chi connectivity index (χ1v) is 9.33. The van der Waals surface area contributed by atoms with Crippen LogP contribution in [0.1, 0.15) is 35.8 Å². The Morgan fingerprint density at radius 2 is 2.18 bits per heavy atom. The molecule has 2 aliphatic heterocycles. The third-order valence-electron chi connectivity index (χ3n) is 6.35. The lowest BCUT2D eigenvalue weighted by Crippen LogP contribution is -2.46. The van der Waals surface area contributed by atoms with Gasteiger partial charge in [0, 0.05) is 11.5 Å². The van der Waals surface area contributed by atoms with Gasteiger partial charge in [-0.3, -0.25) is 14.2 Å². The lowest BCUT2D eigenvalue weighted by Gasteiger charge is -2.30. The van der Waals surface area contributed by atoms with Gasteiger partial charge in [-0.25, -0.2) is 9.97 Å². The topological polar surface area (TPSA) is 124 Å². The summed E-state index contributed by atoms with van der Waals surface area (Å²) in [5, 5.41) is 6.16. The van der Waals surface area contributed by atoms with Crippen molar-refractivity contribution in [2.75, 3.05) is 24.3 Å². The van der Waals surface area contributed by atoms with Gasteiger partial charge in [0.15, 0.2) is 0 Å². The summed E-state index contributed by atoms with van der Waals surface area (Å²) in [6.07, 6.45) is 2.69. The smallest absolute Gasteiger partial charge is 0.276 e. The maximum atomic E-state index is 13.4. The van der Waals surface area contributed by atoms with Crippen LogP contribution in [0.4, 0.5) is 17.3 Å². The maximum Gasteiger partial charge on any atom is 0.276 e. The Kier molecular flexibility index (Phi) is 3.40. The molecule has 0 radical (unpaired) electrons. The van der Waals surface area contributed by atoms with E-state index < -0.39 is 5.66 Å². The molecule has 146 valence electrons. The van der Waals surface area contributed by atoms with E-state index in [1.165, 1.54) is 6.33 Å². The molecule has 9 heteroatoms. The van der Waals surface area contributed by atoms with Gasteiger partial charge in [-0.2, -0.15) is 0 Å². The molecule has 2 aromatic rings. The van der Waals surface area contributed by atoms with Gasteiger partial charge in [-0.1, -0.05) is 6.92 Å². The molecule has 1 amide bonds. The average molecular weight is 382 g/mol. The lowest BCUT2D eigenvalue weighted by molar-refractivity contribution is 0.0868. The molecule has 0 aromatic carbocycles. The predicted octanol–water partition coefficient (Wildman–Crippen LogP) is 1.12. The van der Waals surface area contributed by atoms with E-state index in [4.69, 9.17) is 10.5 Å². The number of aryl methyl sites for hydroxylation is 1. The molecule has 3 aliphatic rings. The summed E-state index contributed by atoms with van der Waals surface area (Å²) in [7, 11) is 0. The lowest BCUT2D eigenvalue weighted by atomic mass is 9.83.